The number of unbranched alkanes of at least 4 members (excludes halogenated alkanes) is 54. The molecule has 0 bridgehead atoms. The highest BCUT2D eigenvalue weighted by atomic mass is 19.4. The standard InChI is InChI=1S/C115H169F3N6O9/c1-7-13-19-25-31-37-43-49-55-61-79-125-103-88-100(89-104(126-80-62-56-50-44-38-32-26-20-14-8-2)107(103)129-83-65-59-53-47-41-35-29-23-17-11-5)113-123-119-109(132-113)94-71-67-92(68-72-94)97-85-98(87-99(86-97)112-122-121-111(131-112)96-75-77-102(78-76-96)115(116,117)118)93-69-73-95(74-70-93)110-120-124-114(133-110)101-90-105(127-81-63-57-51-45-39-33-27-21-15-9-3)108(130-84-66-60-54-48-42-36-30-24-18-12-6)106(91-101)128-82-64-58-52-46-40-34-28-22-16-10-4/h67-78,85-91H,7-66,79-84H2,1-6H3. The SMILES string of the molecule is CCCCCCCCCCCCOc1cc(-c2nnc(-c3ccc(-c4cc(-c5ccc(-c6nnc(-c7cc(OCCCCCCCCCCCC)c(OCCCCCCCCCCCC)c(OCCCCCCCCCCCC)c7)o6)cc5)cc(-c5nnc(-c6ccc(C(F)(F)F)cc6)o5)c4)cc3)o2)cc(OCCCCCCCCCCCC)c1OCCCCCCCCCCCC. The Balaban J connectivity index is 0.975. The molecule has 9 aromatic rings. The van der Waals surface area contributed by atoms with Crippen molar-refractivity contribution in [2.75, 3.05) is 39.6 Å². The van der Waals surface area contributed by atoms with Crippen LogP contribution in [0.3, 0.4) is 0 Å². The summed E-state index contributed by atoms with van der Waals surface area (Å²) in [6, 6.07) is 34.6. The van der Waals surface area contributed by atoms with Gasteiger partial charge in [-0.3, -0.25) is 0 Å². The van der Waals surface area contributed by atoms with Gasteiger partial charge in [-0.1, -0.05) is 413 Å². The summed E-state index contributed by atoms with van der Waals surface area (Å²) in [7, 11) is 0. The zero-order valence-corrected chi connectivity index (χ0v) is 83.1. The van der Waals surface area contributed by atoms with Crippen LogP contribution in [0.15, 0.2) is 129 Å². The van der Waals surface area contributed by atoms with Gasteiger partial charge in [0.05, 0.1) is 45.2 Å². The Kier molecular flexibility index (Phi) is 54.2. The lowest BCUT2D eigenvalue weighted by atomic mass is 9.95. The molecule has 734 valence electrons. The van der Waals surface area contributed by atoms with Crippen LogP contribution in [0.25, 0.3) is 91.0 Å². The summed E-state index contributed by atoms with van der Waals surface area (Å²) >= 11 is 0. The van der Waals surface area contributed by atoms with Gasteiger partial charge >= 0.3 is 6.18 Å². The van der Waals surface area contributed by atoms with Crippen LogP contribution in [0.2, 0.25) is 0 Å². The Morgan fingerprint density at radius 3 is 0.564 bits per heavy atom. The molecule has 0 N–H and O–H groups in total. The minimum absolute atomic E-state index is 0.0809. The lowest BCUT2D eigenvalue weighted by molar-refractivity contribution is -0.137. The first-order valence-electron chi connectivity index (χ1n) is 53.7. The first kappa shape index (κ1) is 108. The topological polar surface area (TPSA) is 172 Å². The fourth-order valence-corrected chi connectivity index (χ4v) is 17.6. The summed E-state index contributed by atoms with van der Waals surface area (Å²) in [6.45, 7) is 17.0. The van der Waals surface area contributed by atoms with Crippen molar-refractivity contribution in [2.45, 2.75) is 433 Å². The van der Waals surface area contributed by atoms with E-state index < -0.39 is 11.7 Å². The minimum Gasteiger partial charge on any atom is -0.490 e. The third kappa shape index (κ3) is 41.8. The van der Waals surface area contributed by atoms with Gasteiger partial charge in [0.1, 0.15) is 0 Å². The van der Waals surface area contributed by atoms with Crippen molar-refractivity contribution in [2.24, 2.45) is 0 Å². The van der Waals surface area contributed by atoms with E-state index in [-0.39, 0.29) is 11.8 Å². The van der Waals surface area contributed by atoms with Gasteiger partial charge in [0.15, 0.2) is 23.0 Å². The van der Waals surface area contributed by atoms with Gasteiger partial charge in [-0.2, -0.15) is 13.2 Å². The Bertz CT molecular complexity index is 4140. The zero-order valence-electron chi connectivity index (χ0n) is 83.1. The number of halogens is 3. The van der Waals surface area contributed by atoms with E-state index in [1.54, 1.807) is 0 Å². The Morgan fingerprint density at radius 2 is 0.353 bits per heavy atom. The second-order valence-electron chi connectivity index (χ2n) is 37.6. The molecule has 0 spiro atoms. The molecule has 0 radical (unpaired) electrons. The maximum absolute atomic E-state index is 13.8. The third-order valence-electron chi connectivity index (χ3n) is 25.9. The first-order valence-corrected chi connectivity index (χ1v) is 53.7. The molecular weight excluding hydrogens is 1670 g/mol. The maximum Gasteiger partial charge on any atom is 0.416 e. The van der Waals surface area contributed by atoms with Crippen LogP contribution < -0.4 is 28.4 Å². The molecule has 0 saturated carbocycles. The summed E-state index contributed by atoms with van der Waals surface area (Å²) in [5, 5.41) is 27.6. The van der Waals surface area contributed by atoms with Crippen molar-refractivity contribution in [1.29, 1.82) is 0 Å². The first-order chi connectivity index (χ1) is 65.5. The van der Waals surface area contributed by atoms with E-state index in [2.05, 4.69) is 68.0 Å². The van der Waals surface area contributed by atoms with E-state index in [4.69, 9.17) is 51.9 Å². The van der Waals surface area contributed by atoms with Crippen molar-refractivity contribution in [3.8, 4) is 125 Å². The lowest BCUT2D eigenvalue weighted by Crippen LogP contribution is -2.07. The van der Waals surface area contributed by atoms with Gasteiger partial charge in [0.2, 0.25) is 46.8 Å². The minimum atomic E-state index is -4.51. The predicted molar refractivity (Wildman–Crippen MR) is 543 cm³/mol. The van der Waals surface area contributed by atoms with E-state index >= 15 is 0 Å². The molecule has 6 aromatic carbocycles. The largest absolute Gasteiger partial charge is 0.490 e. The molecule has 18 heteroatoms. The summed E-state index contributed by atoms with van der Waals surface area (Å²) in [5.74, 6) is 5.38. The normalized spacial score (nSPS) is 11.7. The van der Waals surface area contributed by atoms with Crippen LogP contribution in [0.4, 0.5) is 13.2 Å². The number of hydrogen-bond donors (Lipinski definition) is 0. The Labute approximate surface area is 799 Å². The zero-order chi connectivity index (χ0) is 93.5. The van der Waals surface area contributed by atoms with Crippen molar-refractivity contribution >= 4 is 0 Å². The highest BCUT2D eigenvalue weighted by molar-refractivity contribution is 5.81. The monoisotopic (exact) mass is 1840 g/mol. The highest BCUT2D eigenvalue weighted by Gasteiger charge is 2.31. The second kappa shape index (κ2) is 66.7. The van der Waals surface area contributed by atoms with Gasteiger partial charge < -0.3 is 41.7 Å². The van der Waals surface area contributed by atoms with Crippen LogP contribution in [-0.2, 0) is 6.18 Å². The molecule has 133 heavy (non-hydrogen) atoms. The van der Waals surface area contributed by atoms with Crippen LogP contribution in [0, 0.1) is 0 Å². The molecule has 0 aliphatic carbocycles. The van der Waals surface area contributed by atoms with Crippen LogP contribution in [0.5, 0.6) is 34.5 Å². The maximum atomic E-state index is 13.8. The number of aromatic nitrogens is 6. The molecule has 0 saturated heterocycles. The molecule has 0 unspecified atom stereocenters. The average Bonchev–Trinajstić information content (AvgIpc) is 1.56. The third-order valence-corrected chi connectivity index (χ3v) is 25.9. The van der Waals surface area contributed by atoms with E-state index in [9.17, 15) is 13.2 Å². The molecule has 0 aliphatic heterocycles. The van der Waals surface area contributed by atoms with Crippen LogP contribution >= 0.6 is 0 Å². The predicted octanol–water partition coefficient (Wildman–Crippen LogP) is 37.0. The summed E-state index contributed by atoms with van der Waals surface area (Å²) < 4.78 is 102. The van der Waals surface area contributed by atoms with E-state index in [1.165, 1.54) is 320 Å². The van der Waals surface area contributed by atoms with Crippen molar-refractivity contribution in [3.05, 3.63) is 121 Å². The molecule has 15 nitrogen and oxygen atoms in total. The number of ether oxygens (including phenoxy) is 6. The van der Waals surface area contributed by atoms with Crippen molar-refractivity contribution in [3.63, 3.8) is 0 Å². The highest BCUT2D eigenvalue weighted by Crippen LogP contribution is 2.46. The molecule has 0 atom stereocenters. The average molecular weight is 1840 g/mol. The van der Waals surface area contributed by atoms with Crippen LogP contribution in [-0.4, -0.2) is 70.2 Å². The molecule has 9 rings (SSSR count). The Morgan fingerprint density at radius 1 is 0.188 bits per heavy atom. The molecule has 0 amide bonds. The fraction of sp³-hybridized carbons (Fsp3) is 0.635. The number of alkyl halides is 3. The van der Waals surface area contributed by atoms with Gasteiger partial charge in [-0.15, -0.1) is 30.6 Å². The van der Waals surface area contributed by atoms with E-state index in [0.29, 0.717) is 131 Å². The number of nitrogens with zero attached hydrogens (tertiary/aromatic N) is 6. The number of rotatable bonds is 80. The quantitative estimate of drug-likeness (QED) is 0.0329. The van der Waals surface area contributed by atoms with Crippen LogP contribution in [0.1, 0.15) is 432 Å². The second-order valence-corrected chi connectivity index (χ2v) is 37.6. The van der Waals surface area contributed by atoms with E-state index in [0.717, 1.165) is 111 Å². The smallest absolute Gasteiger partial charge is 0.416 e. The molecule has 3 aromatic heterocycles. The van der Waals surface area contributed by atoms with Gasteiger partial charge in [0, 0.05) is 33.4 Å². The number of benzene rings is 6. The number of hydrogen-bond acceptors (Lipinski definition) is 15. The molecular formula is C115H169F3N6O9. The van der Waals surface area contributed by atoms with Gasteiger partial charge in [0.25, 0.3) is 0 Å². The molecule has 0 fully saturated rings. The Hall–Kier alpha value is -8.67. The van der Waals surface area contributed by atoms with E-state index in [1.807, 2.05) is 84.9 Å². The summed E-state index contributed by atoms with van der Waals surface area (Å²) in [5.41, 5.74) is 6.34. The van der Waals surface area contributed by atoms with Gasteiger partial charge in [-0.25, -0.2) is 0 Å². The summed E-state index contributed by atoms with van der Waals surface area (Å²) in [4.78, 5) is 0. The lowest BCUT2D eigenvalue weighted by Gasteiger charge is -2.18. The summed E-state index contributed by atoms with van der Waals surface area (Å²) in [6.07, 6.45) is 69.5. The van der Waals surface area contributed by atoms with Crippen molar-refractivity contribution in [1.82, 2.24) is 30.6 Å². The molecule has 0 aliphatic rings. The van der Waals surface area contributed by atoms with Gasteiger partial charge in [-0.05, 0) is 152 Å². The fourth-order valence-electron chi connectivity index (χ4n) is 17.6. The molecule has 3 heterocycles. The van der Waals surface area contributed by atoms with Crippen molar-refractivity contribution < 1.29 is 54.8 Å².